The Bertz CT molecular complexity index is 458. The van der Waals surface area contributed by atoms with Crippen molar-refractivity contribution in [1.82, 2.24) is 10.6 Å². The highest BCUT2D eigenvalue weighted by molar-refractivity contribution is 5.76. The summed E-state index contributed by atoms with van der Waals surface area (Å²) in [4.78, 5) is 22.6. The maximum absolute atomic E-state index is 12.1. The quantitative estimate of drug-likeness (QED) is 0.745. The summed E-state index contributed by atoms with van der Waals surface area (Å²) in [6, 6.07) is -0.203. The molecule has 5 nitrogen and oxygen atoms in total. The van der Waals surface area contributed by atoms with Crippen LogP contribution in [0.4, 0.5) is 4.79 Å². The Morgan fingerprint density at radius 1 is 1.10 bits per heavy atom. The minimum Gasteiger partial charge on any atom is -0.481 e. The maximum atomic E-state index is 12.1. The van der Waals surface area contributed by atoms with Crippen molar-refractivity contribution in [2.75, 3.05) is 6.54 Å². The zero-order valence-electron chi connectivity index (χ0n) is 13.0. The third-order valence-corrected chi connectivity index (χ3v) is 5.63. The summed E-state index contributed by atoms with van der Waals surface area (Å²) in [7, 11) is 0. The van der Waals surface area contributed by atoms with Gasteiger partial charge >= 0.3 is 12.0 Å². The first-order valence-corrected chi connectivity index (χ1v) is 8.00. The molecule has 3 N–H and O–H groups in total. The van der Waals surface area contributed by atoms with Crippen molar-refractivity contribution >= 4 is 12.0 Å². The largest absolute Gasteiger partial charge is 0.481 e. The highest BCUT2D eigenvalue weighted by atomic mass is 16.4. The Morgan fingerprint density at radius 3 is 2.24 bits per heavy atom. The number of carbonyl (C=O) groups excluding carboxylic acids is 1. The zero-order chi connectivity index (χ0) is 15.3. The van der Waals surface area contributed by atoms with Gasteiger partial charge in [-0.25, -0.2) is 4.79 Å². The molecule has 21 heavy (non-hydrogen) atoms. The minimum atomic E-state index is -0.884. The molecule has 0 saturated heterocycles. The summed E-state index contributed by atoms with van der Waals surface area (Å²) < 4.78 is 0. The summed E-state index contributed by atoms with van der Waals surface area (Å²) >= 11 is 0. The van der Waals surface area contributed by atoms with Gasteiger partial charge in [-0.1, -0.05) is 13.8 Å². The Labute approximate surface area is 125 Å². The number of hydrogen-bond acceptors (Lipinski definition) is 2. The van der Waals surface area contributed by atoms with E-state index in [0.29, 0.717) is 10.8 Å². The summed E-state index contributed by atoms with van der Waals surface area (Å²) in [5, 5.41) is 14.5. The van der Waals surface area contributed by atoms with Crippen LogP contribution < -0.4 is 10.6 Å². The molecule has 4 bridgehead atoms. The lowest BCUT2D eigenvalue weighted by Gasteiger charge is -2.65. The van der Waals surface area contributed by atoms with Crippen molar-refractivity contribution in [3.63, 3.8) is 0 Å². The van der Waals surface area contributed by atoms with Crippen molar-refractivity contribution in [3.8, 4) is 0 Å². The third kappa shape index (κ3) is 2.87. The van der Waals surface area contributed by atoms with E-state index in [9.17, 15) is 9.59 Å². The van der Waals surface area contributed by atoms with E-state index >= 15 is 0 Å². The first-order valence-electron chi connectivity index (χ1n) is 8.00. The van der Waals surface area contributed by atoms with Crippen LogP contribution in [0.25, 0.3) is 0 Å². The van der Waals surface area contributed by atoms with Gasteiger partial charge in [0.05, 0.1) is 6.42 Å². The zero-order valence-corrected chi connectivity index (χ0v) is 13.0. The molecule has 2 amide bonds. The third-order valence-electron chi connectivity index (χ3n) is 5.63. The summed E-state index contributed by atoms with van der Waals surface area (Å²) in [5.41, 5.74) is 0.654. The van der Waals surface area contributed by atoms with Gasteiger partial charge in [-0.3, -0.25) is 4.79 Å². The monoisotopic (exact) mass is 294 g/mol. The van der Waals surface area contributed by atoms with E-state index < -0.39 is 5.97 Å². The van der Waals surface area contributed by atoms with Crippen LogP contribution >= 0.6 is 0 Å². The Hall–Kier alpha value is -1.26. The maximum Gasteiger partial charge on any atom is 0.315 e. The van der Waals surface area contributed by atoms with Gasteiger partial charge in [0.1, 0.15) is 0 Å². The number of carbonyl (C=O) groups is 2. The fourth-order valence-electron chi connectivity index (χ4n) is 6.16. The molecule has 5 heteroatoms. The molecule has 0 aromatic rings. The van der Waals surface area contributed by atoms with Crippen molar-refractivity contribution in [1.29, 1.82) is 0 Å². The highest BCUT2D eigenvalue weighted by Crippen LogP contribution is 2.66. The van der Waals surface area contributed by atoms with E-state index in [4.69, 9.17) is 5.11 Å². The predicted octanol–water partition coefficient (Wildman–Crippen LogP) is 2.51. The lowest BCUT2D eigenvalue weighted by molar-refractivity contribution is -0.136. The molecule has 0 aromatic heterocycles. The number of rotatable bonds is 4. The normalized spacial score (nSPS) is 43.6. The molecule has 4 aliphatic rings. The number of carboxylic acids is 1. The van der Waals surface area contributed by atoms with E-state index in [-0.39, 0.29) is 24.5 Å². The first kappa shape index (κ1) is 14.7. The molecule has 4 rings (SSSR count). The van der Waals surface area contributed by atoms with Gasteiger partial charge in [-0.05, 0) is 55.3 Å². The van der Waals surface area contributed by atoms with Crippen molar-refractivity contribution in [2.45, 2.75) is 64.3 Å². The minimum absolute atomic E-state index is 0.0293. The van der Waals surface area contributed by atoms with E-state index in [2.05, 4.69) is 24.5 Å². The molecule has 0 spiro atoms. The second-order valence-electron chi connectivity index (χ2n) is 8.44. The number of amides is 2. The smallest absolute Gasteiger partial charge is 0.315 e. The Balaban J connectivity index is 1.65. The average Bonchev–Trinajstić information content (AvgIpc) is 2.21. The van der Waals surface area contributed by atoms with Gasteiger partial charge in [0.2, 0.25) is 0 Å². The van der Waals surface area contributed by atoms with E-state index in [1.165, 1.54) is 19.3 Å². The molecule has 0 radical (unpaired) electrons. The number of aliphatic carboxylic acids is 1. The molecule has 0 aliphatic heterocycles. The van der Waals surface area contributed by atoms with E-state index in [1.807, 2.05) is 0 Å². The molecule has 2 unspecified atom stereocenters. The standard InChI is InChI=1S/C16H26N2O3/c1-14-5-11-6-15(2,8-14)10-16(7-11,9-14)18-13(21)17-4-3-12(19)20/h11H,3-10H2,1-2H3,(H,19,20)(H2,17,18,21). The SMILES string of the molecule is CC12CC3CC(C)(C1)CC(NC(=O)NCCC(=O)O)(C3)C2. The molecule has 0 heterocycles. The van der Waals surface area contributed by atoms with Crippen molar-refractivity contribution in [2.24, 2.45) is 16.7 Å². The van der Waals surface area contributed by atoms with Crippen molar-refractivity contribution < 1.29 is 14.7 Å². The van der Waals surface area contributed by atoms with Gasteiger partial charge in [0.15, 0.2) is 0 Å². The van der Waals surface area contributed by atoms with E-state index in [1.54, 1.807) is 0 Å². The van der Waals surface area contributed by atoms with E-state index in [0.717, 1.165) is 25.2 Å². The molecule has 4 fully saturated rings. The van der Waals surface area contributed by atoms with Crippen LogP contribution in [0.15, 0.2) is 0 Å². The number of nitrogens with one attached hydrogen (secondary N) is 2. The summed E-state index contributed by atoms with van der Waals surface area (Å²) in [6.07, 6.45) is 7.07. The molecule has 0 aromatic carbocycles. The van der Waals surface area contributed by atoms with Crippen LogP contribution in [0.2, 0.25) is 0 Å². The van der Waals surface area contributed by atoms with Gasteiger partial charge in [0.25, 0.3) is 0 Å². The molecule has 118 valence electrons. The second kappa shape index (κ2) is 4.62. The van der Waals surface area contributed by atoms with Gasteiger partial charge in [-0.15, -0.1) is 0 Å². The Kier molecular flexibility index (Phi) is 3.22. The van der Waals surface area contributed by atoms with Crippen LogP contribution in [-0.2, 0) is 4.79 Å². The van der Waals surface area contributed by atoms with Crippen LogP contribution in [-0.4, -0.2) is 29.2 Å². The summed E-state index contributed by atoms with van der Waals surface area (Å²) in [6.45, 7) is 4.93. The van der Waals surface area contributed by atoms with Crippen LogP contribution in [0, 0.1) is 16.7 Å². The lowest BCUT2D eigenvalue weighted by Crippen LogP contribution is -2.66. The van der Waals surface area contributed by atoms with Gasteiger partial charge in [-0.2, -0.15) is 0 Å². The average molecular weight is 294 g/mol. The van der Waals surface area contributed by atoms with Gasteiger partial charge < -0.3 is 15.7 Å². The number of carboxylic acid groups (broad SMARTS) is 1. The first-order chi connectivity index (χ1) is 9.72. The van der Waals surface area contributed by atoms with Crippen LogP contribution in [0.1, 0.15) is 58.8 Å². The Morgan fingerprint density at radius 2 is 1.71 bits per heavy atom. The molecular weight excluding hydrogens is 268 g/mol. The molecule has 4 saturated carbocycles. The van der Waals surface area contributed by atoms with Crippen LogP contribution in [0.3, 0.4) is 0 Å². The molecular formula is C16H26N2O3. The second-order valence-corrected chi connectivity index (χ2v) is 8.44. The van der Waals surface area contributed by atoms with Crippen LogP contribution in [0.5, 0.6) is 0 Å². The molecule has 2 atom stereocenters. The van der Waals surface area contributed by atoms with Crippen molar-refractivity contribution in [3.05, 3.63) is 0 Å². The fraction of sp³-hybridized carbons (Fsp3) is 0.875. The number of hydrogen-bond donors (Lipinski definition) is 3. The fourth-order valence-corrected chi connectivity index (χ4v) is 6.16. The van der Waals surface area contributed by atoms with Gasteiger partial charge in [0, 0.05) is 12.1 Å². The summed E-state index contributed by atoms with van der Waals surface area (Å²) in [5.74, 6) is -0.152. The number of urea groups is 1. The lowest BCUT2D eigenvalue weighted by atomic mass is 9.43. The highest BCUT2D eigenvalue weighted by Gasteiger charge is 2.60. The predicted molar refractivity (Wildman–Crippen MR) is 78.9 cm³/mol. The molecule has 4 aliphatic carbocycles. The topological polar surface area (TPSA) is 78.4 Å².